The lowest BCUT2D eigenvalue weighted by Crippen LogP contribution is -2.46. The van der Waals surface area contributed by atoms with Crippen molar-refractivity contribution in [3.8, 4) is 0 Å². The van der Waals surface area contributed by atoms with Crippen LogP contribution in [0.2, 0.25) is 0 Å². The number of halogens is 1. The molecule has 3 rings (SSSR count). The Kier molecular flexibility index (Phi) is 5.15. The molecule has 2 atom stereocenters. The fraction of sp³-hybridized carbons (Fsp3) is 0.300. The van der Waals surface area contributed by atoms with Gasteiger partial charge >= 0.3 is 0 Å². The summed E-state index contributed by atoms with van der Waals surface area (Å²) >= 11 is 0. The molecule has 6 heteroatoms. The molecule has 3 N–H and O–H groups in total. The van der Waals surface area contributed by atoms with Crippen molar-refractivity contribution >= 4 is 0 Å². The van der Waals surface area contributed by atoms with E-state index in [-0.39, 0.29) is 12.4 Å². The first kappa shape index (κ1) is 18.2. The molecule has 0 saturated heterocycles. The highest BCUT2D eigenvalue weighted by atomic mass is 19.1. The minimum absolute atomic E-state index is 0.267. The molecule has 0 bridgehead atoms. The van der Waals surface area contributed by atoms with Gasteiger partial charge in [0.05, 0.1) is 12.3 Å². The van der Waals surface area contributed by atoms with Crippen molar-refractivity contribution in [3.05, 3.63) is 83.7 Å². The first-order valence-electron chi connectivity index (χ1n) is 8.47. The Morgan fingerprint density at radius 1 is 1.15 bits per heavy atom. The van der Waals surface area contributed by atoms with Crippen molar-refractivity contribution in [3.63, 3.8) is 0 Å². The SMILES string of the molecule is CC(N)(COC(C)(c1cccnc1)c1ccn[nH]1)Cc1cccc(F)c1. The van der Waals surface area contributed by atoms with E-state index in [2.05, 4.69) is 15.2 Å². The van der Waals surface area contributed by atoms with E-state index in [0.29, 0.717) is 6.42 Å². The number of pyridine rings is 1. The third-order valence-corrected chi connectivity index (χ3v) is 4.41. The van der Waals surface area contributed by atoms with Gasteiger partial charge in [0.25, 0.3) is 0 Å². The minimum Gasteiger partial charge on any atom is -0.362 e. The van der Waals surface area contributed by atoms with Crippen molar-refractivity contribution in [2.75, 3.05) is 6.61 Å². The summed E-state index contributed by atoms with van der Waals surface area (Å²) in [4.78, 5) is 4.20. The molecule has 2 heterocycles. The van der Waals surface area contributed by atoms with Crippen molar-refractivity contribution in [1.82, 2.24) is 15.2 Å². The van der Waals surface area contributed by atoms with Gasteiger partial charge in [-0.1, -0.05) is 18.2 Å². The highest BCUT2D eigenvalue weighted by Crippen LogP contribution is 2.32. The number of nitrogens with one attached hydrogen (secondary N) is 1. The number of hydrogen-bond acceptors (Lipinski definition) is 4. The third-order valence-electron chi connectivity index (χ3n) is 4.41. The molecule has 2 aromatic heterocycles. The number of aromatic nitrogens is 3. The number of aromatic amines is 1. The molecule has 0 spiro atoms. The van der Waals surface area contributed by atoms with E-state index in [1.807, 2.05) is 38.1 Å². The lowest BCUT2D eigenvalue weighted by molar-refractivity contribution is -0.0305. The molecular weight excluding hydrogens is 331 g/mol. The van der Waals surface area contributed by atoms with E-state index in [9.17, 15) is 4.39 Å². The van der Waals surface area contributed by atoms with Gasteiger partial charge in [0, 0.05) is 29.7 Å². The molecule has 0 amide bonds. The Hall–Kier alpha value is -2.57. The minimum atomic E-state index is -0.771. The molecule has 26 heavy (non-hydrogen) atoms. The second-order valence-corrected chi connectivity index (χ2v) is 6.99. The molecule has 0 saturated carbocycles. The smallest absolute Gasteiger partial charge is 0.133 e. The number of ether oxygens (including phenoxy) is 1. The van der Waals surface area contributed by atoms with Gasteiger partial charge in [-0.05, 0) is 50.1 Å². The van der Waals surface area contributed by atoms with Crippen LogP contribution in [0.4, 0.5) is 4.39 Å². The standard InChI is InChI=1S/C20H23FN4O/c1-19(22,12-15-5-3-7-17(21)11-15)14-26-20(2,18-8-10-24-25-18)16-6-4-9-23-13-16/h3-11,13H,12,14,22H2,1-2H3,(H,24,25). The number of nitrogens with zero attached hydrogens (tertiary/aromatic N) is 2. The lowest BCUT2D eigenvalue weighted by Gasteiger charge is -2.34. The zero-order valence-corrected chi connectivity index (χ0v) is 14.9. The summed E-state index contributed by atoms with van der Waals surface area (Å²) < 4.78 is 19.7. The van der Waals surface area contributed by atoms with Gasteiger partial charge in [-0.25, -0.2) is 4.39 Å². The van der Waals surface area contributed by atoms with Crippen LogP contribution in [0.25, 0.3) is 0 Å². The molecule has 5 nitrogen and oxygen atoms in total. The van der Waals surface area contributed by atoms with Crippen LogP contribution in [0.3, 0.4) is 0 Å². The zero-order valence-electron chi connectivity index (χ0n) is 14.9. The summed E-state index contributed by atoms with van der Waals surface area (Å²) in [7, 11) is 0. The third kappa shape index (κ3) is 4.15. The van der Waals surface area contributed by atoms with Crippen LogP contribution in [-0.4, -0.2) is 27.3 Å². The maximum atomic E-state index is 13.4. The van der Waals surface area contributed by atoms with E-state index in [4.69, 9.17) is 10.5 Å². The molecule has 0 aliphatic rings. The van der Waals surface area contributed by atoms with Crippen LogP contribution >= 0.6 is 0 Å². The largest absolute Gasteiger partial charge is 0.362 e. The normalized spacial score (nSPS) is 16.0. The first-order valence-corrected chi connectivity index (χ1v) is 8.47. The topological polar surface area (TPSA) is 76.8 Å². The molecular formula is C20H23FN4O. The van der Waals surface area contributed by atoms with Gasteiger partial charge in [0.2, 0.25) is 0 Å². The molecule has 0 fully saturated rings. The summed E-state index contributed by atoms with van der Waals surface area (Å²) in [6.07, 6.45) is 5.66. The Bertz CT molecular complexity index is 836. The van der Waals surface area contributed by atoms with Crippen LogP contribution in [0, 0.1) is 5.82 Å². The van der Waals surface area contributed by atoms with E-state index >= 15 is 0 Å². The molecule has 136 valence electrons. The molecule has 0 radical (unpaired) electrons. The second kappa shape index (κ2) is 7.35. The van der Waals surface area contributed by atoms with Crippen LogP contribution in [-0.2, 0) is 16.8 Å². The highest BCUT2D eigenvalue weighted by molar-refractivity contribution is 5.29. The first-order chi connectivity index (χ1) is 12.4. The summed E-state index contributed by atoms with van der Waals surface area (Å²) in [6.45, 7) is 4.12. The maximum Gasteiger partial charge on any atom is 0.133 e. The number of H-pyrrole nitrogens is 1. The quantitative estimate of drug-likeness (QED) is 0.683. The Labute approximate surface area is 152 Å². The summed E-state index contributed by atoms with van der Waals surface area (Å²) in [5.74, 6) is -0.267. The van der Waals surface area contributed by atoms with E-state index < -0.39 is 11.1 Å². The molecule has 3 aromatic rings. The number of benzene rings is 1. The van der Waals surface area contributed by atoms with Crippen molar-refractivity contribution < 1.29 is 9.13 Å². The van der Waals surface area contributed by atoms with Crippen LogP contribution < -0.4 is 5.73 Å². The second-order valence-electron chi connectivity index (χ2n) is 6.99. The fourth-order valence-electron chi connectivity index (χ4n) is 2.96. The molecule has 2 unspecified atom stereocenters. The van der Waals surface area contributed by atoms with Gasteiger partial charge in [-0.15, -0.1) is 0 Å². The number of nitrogens with two attached hydrogens (primary N) is 1. The average Bonchev–Trinajstić information content (AvgIpc) is 3.15. The van der Waals surface area contributed by atoms with Crippen molar-refractivity contribution in [1.29, 1.82) is 0 Å². The summed E-state index contributed by atoms with van der Waals surface area (Å²) in [5, 5.41) is 7.01. The van der Waals surface area contributed by atoms with Gasteiger partial charge in [0.1, 0.15) is 11.4 Å². The van der Waals surface area contributed by atoms with Gasteiger partial charge < -0.3 is 10.5 Å². The van der Waals surface area contributed by atoms with Gasteiger partial charge in [-0.2, -0.15) is 5.10 Å². The predicted octanol–water partition coefficient (Wildman–Crippen LogP) is 3.18. The van der Waals surface area contributed by atoms with Gasteiger partial charge in [0.15, 0.2) is 0 Å². The van der Waals surface area contributed by atoms with Crippen molar-refractivity contribution in [2.24, 2.45) is 5.73 Å². The Morgan fingerprint density at radius 2 is 2.00 bits per heavy atom. The summed E-state index contributed by atoms with van der Waals surface area (Å²) in [5.41, 5.74) is 7.55. The van der Waals surface area contributed by atoms with E-state index in [0.717, 1.165) is 16.8 Å². The average molecular weight is 354 g/mol. The van der Waals surface area contributed by atoms with Crippen molar-refractivity contribution in [2.45, 2.75) is 31.4 Å². The molecule has 0 aliphatic carbocycles. The molecule has 0 aliphatic heterocycles. The maximum absolute atomic E-state index is 13.4. The fourth-order valence-corrected chi connectivity index (χ4v) is 2.96. The molecule has 1 aromatic carbocycles. The van der Waals surface area contributed by atoms with Crippen LogP contribution in [0.1, 0.15) is 30.7 Å². The Balaban J connectivity index is 1.79. The van der Waals surface area contributed by atoms with E-state index in [1.165, 1.54) is 12.1 Å². The van der Waals surface area contributed by atoms with Gasteiger partial charge in [-0.3, -0.25) is 10.1 Å². The van der Waals surface area contributed by atoms with Crippen LogP contribution in [0.15, 0.2) is 61.1 Å². The lowest BCUT2D eigenvalue weighted by atomic mass is 9.91. The van der Waals surface area contributed by atoms with E-state index in [1.54, 1.807) is 24.7 Å². The monoisotopic (exact) mass is 354 g/mol. The number of hydrogen-bond donors (Lipinski definition) is 2. The summed E-state index contributed by atoms with van der Waals surface area (Å²) in [6, 6.07) is 12.2. The Morgan fingerprint density at radius 3 is 2.65 bits per heavy atom. The zero-order chi connectivity index (χ0) is 18.6. The van der Waals surface area contributed by atoms with Crippen LogP contribution in [0.5, 0.6) is 0 Å². The highest BCUT2D eigenvalue weighted by Gasteiger charge is 2.34. The predicted molar refractivity (Wildman–Crippen MR) is 97.9 cm³/mol. The number of rotatable bonds is 7.